The average Bonchev–Trinajstić information content (AvgIpc) is 3.17. The van der Waals surface area contributed by atoms with Gasteiger partial charge in [-0.05, 0) is 37.3 Å². The summed E-state index contributed by atoms with van der Waals surface area (Å²) >= 11 is 5.89. The zero-order chi connectivity index (χ0) is 15.5. The standard InChI is InChI=1S/C16H15ClO5/c1-2-19-15(18)12-9-13(10-3-5-11(17)6-4-10)22-14(12)16-20-7-8-21-16/h3-6,9,16H,2,7-8H2,1H3. The van der Waals surface area contributed by atoms with Gasteiger partial charge in [0, 0.05) is 10.6 Å². The fraction of sp³-hybridized carbons (Fsp3) is 0.312. The Morgan fingerprint density at radius 1 is 1.27 bits per heavy atom. The molecule has 1 aliphatic rings. The van der Waals surface area contributed by atoms with Crippen molar-refractivity contribution in [1.29, 1.82) is 0 Å². The normalized spacial score (nSPS) is 15.2. The molecule has 3 rings (SSSR count). The van der Waals surface area contributed by atoms with E-state index in [-0.39, 0.29) is 6.61 Å². The van der Waals surface area contributed by atoms with Gasteiger partial charge in [0.15, 0.2) is 5.76 Å². The van der Waals surface area contributed by atoms with Gasteiger partial charge in [0.25, 0.3) is 0 Å². The lowest BCUT2D eigenvalue weighted by Gasteiger charge is -2.08. The topological polar surface area (TPSA) is 57.9 Å². The Bertz CT molecular complexity index is 656. The van der Waals surface area contributed by atoms with Gasteiger partial charge in [-0.3, -0.25) is 0 Å². The Morgan fingerprint density at radius 3 is 2.59 bits per heavy atom. The van der Waals surface area contributed by atoms with Crippen molar-refractivity contribution in [3.05, 3.63) is 46.7 Å². The molecule has 0 unspecified atom stereocenters. The van der Waals surface area contributed by atoms with Crippen LogP contribution in [0.25, 0.3) is 11.3 Å². The minimum atomic E-state index is -0.680. The Labute approximate surface area is 132 Å². The molecule has 0 saturated carbocycles. The van der Waals surface area contributed by atoms with Crippen LogP contribution in [0.3, 0.4) is 0 Å². The molecule has 0 radical (unpaired) electrons. The number of hydrogen-bond donors (Lipinski definition) is 0. The van der Waals surface area contributed by atoms with Gasteiger partial charge in [0.1, 0.15) is 11.3 Å². The van der Waals surface area contributed by atoms with Gasteiger partial charge in [0.2, 0.25) is 6.29 Å². The predicted octanol–water partition coefficient (Wildman–Crippen LogP) is 3.82. The first-order valence-corrected chi connectivity index (χ1v) is 7.37. The zero-order valence-electron chi connectivity index (χ0n) is 12.0. The van der Waals surface area contributed by atoms with E-state index in [1.807, 2.05) is 12.1 Å². The SMILES string of the molecule is CCOC(=O)c1cc(-c2ccc(Cl)cc2)oc1C1OCCO1. The smallest absolute Gasteiger partial charge is 0.341 e. The van der Waals surface area contributed by atoms with Gasteiger partial charge in [0.05, 0.1) is 19.8 Å². The van der Waals surface area contributed by atoms with Gasteiger partial charge < -0.3 is 18.6 Å². The largest absolute Gasteiger partial charge is 0.462 e. The van der Waals surface area contributed by atoms with Crippen molar-refractivity contribution in [2.45, 2.75) is 13.2 Å². The second-order valence-corrected chi connectivity index (χ2v) is 5.13. The average molecular weight is 323 g/mol. The molecule has 0 amide bonds. The lowest BCUT2D eigenvalue weighted by molar-refractivity contribution is -0.0593. The summed E-state index contributed by atoms with van der Waals surface area (Å²) in [6.07, 6.45) is -0.680. The number of carbonyl (C=O) groups excluding carboxylic acids is 1. The number of furan rings is 1. The van der Waals surface area contributed by atoms with Gasteiger partial charge in [-0.15, -0.1) is 0 Å². The van der Waals surface area contributed by atoms with Crippen LogP contribution in [0.1, 0.15) is 29.3 Å². The minimum absolute atomic E-state index is 0.284. The Morgan fingerprint density at radius 2 is 1.95 bits per heavy atom. The number of benzene rings is 1. The van der Waals surface area contributed by atoms with Crippen molar-refractivity contribution in [2.75, 3.05) is 19.8 Å². The number of hydrogen-bond acceptors (Lipinski definition) is 5. The molecule has 1 aromatic heterocycles. The molecular formula is C16H15ClO5. The first-order chi connectivity index (χ1) is 10.7. The highest BCUT2D eigenvalue weighted by Crippen LogP contribution is 2.34. The van der Waals surface area contributed by atoms with Gasteiger partial charge in [-0.1, -0.05) is 11.6 Å². The van der Waals surface area contributed by atoms with E-state index < -0.39 is 12.3 Å². The molecule has 5 nitrogen and oxygen atoms in total. The summed E-state index contributed by atoms with van der Waals surface area (Å²) in [6, 6.07) is 8.78. The number of esters is 1. The van der Waals surface area contributed by atoms with E-state index in [9.17, 15) is 4.79 Å². The molecule has 2 heterocycles. The van der Waals surface area contributed by atoms with Gasteiger partial charge in [-0.25, -0.2) is 4.79 Å². The number of ether oxygens (including phenoxy) is 3. The molecule has 1 fully saturated rings. The maximum atomic E-state index is 12.1. The van der Waals surface area contributed by atoms with Gasteiger partial charge in [-0.2, -0.15) is 0 Å². The molecular weight excluding hydrogens is 308 g/mol. The van der Waals surface area contributed by atoms with Gasteiger partial charge >= 0.3 is 5.97 Å². The van der Waals surface area contributed by atoms with Crippen molar-refractivity contribution in [1.82, 2.24) is 0 Å². The van der Waals surface area contributed by atoms with Crippen LogP contribution >= 0.6 is 11.6 Å². The highest BCUT2D eigenvalue weighted by molar-refractivity contribution is 6.30. The third-order valence-corrected chi connectivity index (χ3v) is 3.47. The Hall–Kier alpha value is -1.82. The number of halogens is 1. The predicted molar refractivity (Wildman–Crippen MR) is 79.8 cm³/mol. The van der Waals surface area contributed by atoms with E-state index in [1.54, 1.807) is 25.1 Å². The maximum Gasteiger partial charge on any atom is 0.341 e. The molecule has 0 aliphatic carbocycles. The second-order valence-electron chi connectivity index (χ2n) is 4.69. The fourth-order valence-electron chi connectivity index (χ4n) is 2.21. The number of rotatable bonds is 4. The molecule has 116 valence electrons. The maximum absolute atomic E-state index is 12.1. The monoisotopic (exact) mass is 322 g/mol. The van der Waals surface area contributed by atoms with Crippen LogP contribution in [0.4, 0.5) is 0 Å². The molecule has 0 bridgehead atoms. The van der Waals surface area contributed by atoms with Crippen LogP contribution in [0, 0.1) is 0 Å². The summed E-state index contributed by atoms with van der Waals surface area (Å²) < 4.78 is 21.7. The van der Waals surface area contributed by atoms with Crippen molar-refractivity contribution < 1.29 is 23.4 Å². The lowest BCUT2D eigenvalue weighted by Crippen LogP contribution is -2.09. The molecule has 1 aliphatic heterocycles. The summed E-state index contributed by atoms with van der Waals surface area (Å²) in [5.74, 6) is 0.412. The van der Waals surface area contributed by atoms with Crippen LogP contribution in [0.2, 0.25) is 5.02 Å². The van der Waals surface area contributed by atoms with E-state index in [0.717, 1.165) is 5.56 Å². The zero-order valence-corrected chi connectivity index (χ0v) is 12.8. The first kappa shape index (κ1) is 15.1. The number of carbonyl (C=O) groups is 1. The van der Waals surface area contributed by atoms with Crippen molar-refractivity contribution in [2.24, 2.45) is 0 Å². The third kappa shape index (κ3) is 3.02. The van der Waals surface area contributed by atoms with E-state index in [4.69, 9.17) is 30.2 Å². The van der Waals surface area contributed by atoms with E-state index in [1.165, 1.54) is 0 Å². The summed E-state index contributed by atoms with van der Waals surface area (Å²) in [7, 11) is 0. The van der Waals surface area contributed by atoms with Crippen LogP contribution in [-0.2, 0) is 14.2 Å². The highest BCUT2D eigenvalue weighted by Gasteiger charge is 2.30. The fourth-order valence-corrected chi connectivity index (χ4v) is 2.34. The molecule has 1 saturated heterocycles. The van der Waals surface area contributed by atoms with E-state index in [2.05, 4.69) is 0 Å². The van der Waals surface area contributed by atoms with E-state index in [0.29, 0.717) is 35.3 Å². The summed E-state index contributed by atoms with van der Waals surface area (Å²) in [5, 5.41) is 0.628. The molecule has 0 atom stereocenters. The van der Waals surface area contributed by atoms with Crippen LogP contribution in [0.15, 0.2) is 34.7 Å². The molecule has 0 spiro atoms. The molecule has 2 aromatic rings. The van der Waals surface area contributed by atoms with Crippen LogP contribution in [0.5, 0.6) is 0 Å². The van der Waals surface area contributed by atoms with Crippen molar-refractivity contribution >= 4 is 17.6 Å². The van der Waals surface area contributed by atoms with E-state index >= 15 is 0 Å². The Balaban J connectivity index is 1.99. The summed E-state index contributed by atoms with van der Waals surface area (Å²) in [6.45, 7) is 2.96. The van der Waals surface area contributed by atoms with Crippen molar-refractivity contribution in [3.63, 3.8) is 0 Å². The van der Waals surface area contributed by atoms with Crippen molar-refractivity contribution in [3.8, 4) is 11.3 Å². The van der Waals surface area contributed by atoms with Crippen LogP contribution in [-0.4, -0.2) is 25.8 Å². The molecule has 6 heteroatoms. The third-order valence-electron chi connectivity index (χ3n) is 3.22. The van der Waals surface area contributed by atoms with Crippen LogP contribution < -0.4 is 0 Å². The Kier molecular flexibility index (Phi) is 4.47. The quantitative estimate of drug-likeness (QED) is 0.801. The highest BCUT2D eigenvalue weighted by atomic mass is 35.5. The molecule has 1 aromatic carbocycles. The lowest BCUT2D eigenvalue weighted by atomic mass is 10.1. The first-order valence-electron chi connectivity index (χ1n) is 6.99. The summed E-state index contributed by atoms with van der Waals surface area (Å²) in [5.41, 5.74) is 1.12. The second kappa shape index (κ2) is 6.52. The minimum Gasteiger partial charge on any atom is -0.462 e. The molecule has 22 heavy (non-hydrogen) atoms. The molecule has 0 N–H and O–H groups in total. The summed E-state index contributed by atoms with van der Waals surface area (Å²) in [4.78, 5) is 12.1.